The van der Waals surface area contributed by atoms with E-state index in [9.17, 15) is 14.4 Å². The molecule has 0 saturated carbocycles. The monoisotopic (exact) mass is 1100 g/mol. The third-order valence-corrected chi connectivity index (χ3v) is 14.9. The Morgan fingerprint density at radius 3 is 0.785 bits per heavy atom. The van der Waals surface area contributed by atoms with Crippen LogP contribution in [0, 0.1) is 0 Å². The molecule has 79 heavy (non-hydrogen) atoms. The average molecular weight is 1100 g/mol. The highest BCUT2D eigenvalue weighted by Gasteiger charge is 2.19. The number of allylic oxidation sites excluding steroid dienone is 14. The van der Waals surface area contributed by atoms with Crippen molar-refractivity contribution in [2.24, 2.45) is 0 Å². The molecule has 0 saturated heterocycles. The van der Waals surface area contributed by atoms with Gasteiger partial charge in [0.15, 0.2) is 6.10 Å². The SMILES string of the molecule is CC/C=C\C/C=C\C/C=C\C/C=C\C/C=C\CCCCCCCCCCCCCCCC(=O)OCC(COC(=O)CCCCCCC/C=C\CCCCCCCCC)OC(=O)CCCCCCC/C=C\CCCCCCCCC. The van der Waals surface area contributed by atoms with E-state index in [4.69, 9.17) is 14.2 Å². The van der Waals surface area contributed by atoms with Crippen LogP contribution in [0.5, 0.6) is 0 Å². The first-order valence-electron chi connectivity index (χ1n) is 34.1. The van der Waals surface area contributed by atoms with Gasteiger partial charge >= 0.3 is 17.9 Å². The quantitative estimate of drug-likeness (QED) is 0.0261. The Morgan fingerprint density at radius 2 is 0.494 bits per heavy atom. The Balaban J connectivity index is 4.28. The van der Waals surface area contributed by atoms with Crippen molar-refractivity contribution in [3.63, 3.8) is 0 Å². The normalized spacial score (nSPS) is 12.6. The van der Waals surface area contributed by atoms with Crippen molar-refractivity contribution >= 4 is 17.9 Å². The van der Waals surface area contributed by atoms with Crippen molar-refractivity contribution in [1.82, 2.24) is 0 Å². The van der Waals surface area contributed by atoms with Crippen LogP contribution in [0.3, 0.4) is 0 Å². The number of hydrogen-bond acceptors (Lipinski definition) is 6. The van der Waals surface area contributed by atoms with E-state index >= 15 is 0 Å². The predicted molar refractivity (Wildman–Crippen MR) is 344 cm³/mol. The second-order valence-corrected chi connectivity index (χ2v) is 22.7. The van der Waals surface area contributed by atoms with Crippen LogP contribution >= 0.6 is 0 Å². The summed E-state index contributed by atoms with van der Waals surface area (Å²) in [7, 11) is 0. The summed E-state index contributed by atoms with van der Waals surface area (Å²) in [4.78, 5) is 38.4. The molecule has 6 heteroatoms. The maximum Gasteiger partial charge on any atom is 0.306 e. The number of hydrogen-bond donors (Lipinski definition) is 0. The fourth-order valence-electron chi connectivity index (χ4n) is 9.76. The Morgan fingerprint density at radius 1 is 0.266 bits per heavy atom. The smallest absolute Gasteiger partial charge is 0.306 e. The van der Waals surface area contributed by atoms with Crippen LogP contribution in [0.25, 0.3) is 0 Å². The fourth-order valence-corrected chi connectivity index (χ4v) is 9.76. The van der Waals surface area contributed by atoms with Gasteiger partial charge in [-0.15, -0.1) is 0 Å². The highest BCUT2D eigenvalue weighted by Crippen LogP contribution is 2.17. The topological polar surface area (TPSA) is 78.9 Å². The second kappa shape index (κ2) is 67.1. The van der Waals surface area contributed by atoms with E-state index in [-0.39, 0.29) is 31.1 Å². The number of rotatable bonds is 62. The molecule has 0 amide bonds. The molecular formula is C73H128O6. The maximum absolute atomic E-state index is 12.9. The minimum atomic E-state index is -0.785. The first-order valence-corrected chi connectivity index (χ1v) is 34.1. The summed E-state index contributed by atoms with van der Waals surface area (Å²) in [6, 6.07) is 0. The molecule has 0 rings (SSSR count). The molecule has 0 heterocycles. The predicted octanol–water partition coefficient (Wildman–Crippen LogP) is 23.4. The zero-order valence-corrected chi connectivity index (χ0v) is 52.4. The molecule has 0 bridgehead atoms. The first-order chi connectivity index (χ1) is 39.0. The van der Waals surface area contributed by atoms with Gasteiger partial charge < -0.3 is 14.2 Å². The lowest BCUT2D eigenvalue weighted by molar-refractivity contribution is -0.167. The molecule has 0 fully saturated rings. The van der Waals surface area contributed by atoms with Crippen molar-refractivity contribution in [2.45, 2.75) is 348 Å². The highest BCUT2D eigenvalue weighted by molar-refractivity contribution is 5.71. The van der Waals surface area contributed by atoms with Crippen LogP contribution in [-0.2, 0) is 28.6 Å². The van der Waals surface area contributed by atoms with E-state index in [1.54, 1.807) is 0 Å². The Hall–Kier alpha value is -3.41. The van der Waals surface area contributed by atoms with Crippen LogP contribution < -0.4 is 0 Å². The van der Waals surface area contributed by atoms with Crippen molar-refractivity contribution in [1.29, 1.82) is 0 Å². The number of carbonyl (C=O) groups excluding carboxylic acids is 3. The molecule has 6 nitrogen and oxygen atoms in total. The summed E-state index contributed by atoms with van der Waals surface area (Å²) < 4.78 is 17.0. The van der Waals surface area contributed by atoms with Gasteiger partial charge in [0.1, 0.15) is 13.2 Å². The van der Waals surface area contributed by atoms with Crippen LogP contribution in [0.2, 0.25) is 0 Å². The molecule has 0 radical (unpaired) electrons. The molecule has 0 aliphatic carbocycles. The molecule has 0 aromatic rings. The van der Waals surface area contributed by atoms with Crippen molar-refractivity contribution < 1.29 is 28.6 Å². The van der Waals surface area contributed by atoms with E-state index in [1.165, 1.54) is 193 Å². The molecule has 1 unspecified atom stereocenters. The molecule has 0 aromatic heterocycles. The lowest BCUT2D eigenvalue weighted by Gasteiger charge is -2.18. The molecule has 0 N–H and O–H groups in total. The van der Waals surface area contributed by atoms with E-state index in [1.807, 2.05) is 0 Å². The van der Waals surface area contributed by atoms with Gasteiger partial charge in [0.25, 0.3) is 0 Å². The minimum Gasteiger partial charge on any atom is -0.462 e. The third-order valence-electron chi connectivity index (χ3n) is 14.9. The van der Waals surface area contributed by atoms with Crippen LogP contribution in [-0.4, -0.2) is 37.2 Å². The van der Waals surface area contributed by atoms with E-state index in [2.05, 4.69) is 106 Å². The molecule has 0 spiro atoms. The summed E-state index contributed by atoms with van der Waals surface area (Å²) in [6.07, 6.45) is 88.8. The fraction of sp³-hybridized carbons (Fsp3) is 0.767. The summed E-state index contributed by atoms with van der Waals surface area (Å²) in [5, 5.41) is 0. The number of esters is 3. The van der Waals surface area contributed by atoms with Gasteiger partial charge in [0.2, 0.25) is 0 Å². The summed E-state index contributed by atoms with van der Waals surface area (Å²) in [5.41, 5.74) is 0. The zero-order valence-electron chi connectivity index (χ0n) is 52.4. The van der Waals surface area contributed by atoms with Crippen molar-refractivity contribution in [3.05, 3.63) is 85.1 Å². The largest absolute Gasteiger partial charge is 0.462 e. The lowest BCUT2D eigenvalue weighted by atomic mass is 10.0. The summed E-state index contributed by atoms with van der Waals surface area (Å²) in [5.74, 6) is -0.882. The van der Waals surface area contributed by atoms with Crippen LogP contribution in [0.4, 0.5) is 0 Å². The number of unbranched alkanes of at least 4 members (excludes halogenated alkanes) is 37. The molecule has 1 atom stereocenters. The summed E-state index contributed by atoms with van der Waals surface area (Å²) >= 11 is 0. The number of ether oxygens (including phenoxy) is 3. The lowest BCUT2D eigenvalue weighted by Crippen LogP contribution is -2.30. The minimum absolute atomic E-state index is 0.0804. The second-order valence-electron chi connectivity index (χ2n) is 22.7. The first kappa shape index (κ1) is 75.6. The third kappa shape index (κ3) is 65.3. The van der Waals surface area contributed by atoms with Crippen LogP contribution in [0.15, 0.2) is 85.1 Å². The van der Waals surface area contributed by atoms with Gasteiger partial charge in [-0.05, 0) is 116 Å². The Kier molecular flexibility index (Phi) is 64.2. The van der Waals surface area contributed by atoms with Gasteiger partial charge in [-0.1, -0.05) is 292 Å². The molecule has 0 aliphatic heterocycles. The molecule has 0 aliphatic rings. The van der Waals surface area contributed by atoms with Crippen LogP contribution in [0.1, 0.15) is 342 Å². The van der Waals surface area contributed by atoms with Gasteiger partial charge in [-0.3, -0.25) is 14.4 Å². The molecule has 0 aromatic carbocycles. The average Bonchev–Trinajstić information content (AvgIpc) is 3.45. The zero-order chi connectivity index (χ0) is 57.1. The Labute approximate surface area is 490 Å². The number of carbonyl (C=O) groups is 3. The molecule has 456 valence electrons. The van der Waals surface area contributed by atoms with E-state index in [0.717, 1.165) is 109 Å². The van der Waals surface area contributed by atoms with E-state index in [0.29, 0.717) is 19.3 Å². The standard InChI is InChI=1S/C73H128O6/c1-4-7-10-13-16-19-22-25-28-31-32-33-34-35-36-37-38-39-40-41-42-43-46-48-51-54-57-60-63-66-72(75)78-69-70(79-73(76)67-64-61-58-55-52-49-45-30-27-24-21-18-15-12-9-6-3)68-77-71(74)65-62-59-56-53-50-47-44-29-26-23-20-17-14-11-8-5-2/h7,10,16,19,25,28-30,32-33,35-36,44-45,70H,4-6,8-9,11-15,17-18,20-24,26-27,31,34,37-43,46-69H2,1-3H3/b10-7-,19-16-,28-25-,33-32-,36-35-,44-29-,45-30-. The van der Waals surface area contributed by atoms with Gasteiger partial charge in [0.05, 0.1) is 0 Å². The van der Waals surface area contributed by atoms with Gasteiger partial charge in [0, 0.05) is 19.3 Å². The summed E-state index contributed by atoms with van der Waals surface area (Å²) in [6.45, 7) is 6.55. The van der Waals surface area contributed by atoms with Crippen molar-refractivity contribution in [3.8, 4) is 0 Å². The highest BCUT2D eigenvalue weighted by atomic mass is 16.6. The van der Waals surface area contributed by atoms with Gasteiger partial charge in [-0.25, -0.2) is 0 Å². The van der Waals surface area contributed by atoms with Crippen molar-refractivity contribution in [2.75, 3.05) is 13.2 Å². The van der Waals surface area contributed by atoms with Gasteiger partial charge in [-0.2, -0.15) is 0 Å². The maximum atomic E-state index is 12.9. The van der Waals surface area contributed by atoms with E-state index < -0.39 is 6.10 Å². The Bertz CT molecular complexity index is 1500. The molecular weight excluding hydrogens is 973 g/mol.